The van der Waals surface area contributed by atoms with Crippen LogP contribution in [0.4, 0.5) is 18.9 Å². The molecule has 1 amide bonds. The van der Waals surface area contributed by atoms with Crippen LogP contribution >= 0.6 is 0 Å². The van der Waals surface area contributed by atoms with Gasteiger partial charge in [-0.15, -0.1) is 0 Å². The van der Waals surface area contributed by atoms with Gasteiger partial charge in [0.25, 0.3) is 5.91 Å². The number of ether oxygens (including phenoxy) is 1. The predicted molar refractivity (Wildman–Crippen MR) is 73.7 cm³/mol. The SMILES string of the molecule is CCC(C)(OC)C(=O)Nc1ccc(CN)cc1C(F)(F)F. The average molecular weight is 304 g/mol. The van der Waals surface area contributed by atoms with Crippen molar-refractivity contribution in [3.8, 4) is 0 Å². The Kier molecular flexibility index (Phi) is 5.36. The fourth-order valence-corrected chi connectivity index (χ4v) is 1.71. The van der Waals surface area contributed by atoms with E-state index in [0.29, 0.717) is 12.0 Å². The first-order valence-corrected chi connectivity index (χ1v) is 6.44. The lowest BCUT2D eigenvalue weighted by Crippen LogP contribution is -2.41. The molecule has 0 heterocycles. The monoisotopic (exact) mass is 304 g/mol. The van der Waals surface area contributed by atoms with Crippen molar-refractivity contribution >= 4 is 11.6 Å². The first kappa shape index (κ1) is 17.5. The molecule has 1 atom stereocenters. The van der Waals surface area contributed by atoms with Gasteiger partial charge in [-0.25, -0.2) is 0 Å². The molecule has 0 saturated carbocycles. The maximum absolute atomic E-state index is 13.1. The van der Waals surface area contributed by atoms with Crippen molar-refractivity contribution in [2.75, 3.05) is 12.4 Å². The van der Waals surface area contributed by atoms with Crippen LogP contribution in [0.15, 0.2) is 18.2 Å². The van der Waals surface area contributed by atoms with E-state index >= 15 is 0 Å². The molecular formula is C14H19F3N2O2. The number of hydrogen-bond acceptors (Lipinski definition) is 3. The van der Waals surface area contributed by atoms with Gasteiger partial charge in [-0.3, -0.25) is 4.79 Å². The Labute approximate surface area is 121 Å². The Morgan fingerprint density at radius 3 is 2.43 bits per heavy atom. The fraction of sp³-hybridized carbons (Fsp3) is 0.500. The highest BCUT2D eigenvalue weighted by atomic mass is 19.4. The Morgan fingerprint density at radius 2 is 2.00 bits per heavy atom. The molecule has 0 spiro atoms. The second-order valence-corrected chi connectivity index (χ2v) is 4.82. The van der Waals surface area contributed by atoms with Gasteiger partial charge >= 0.3 is 6.18 Å². The summed E-state index contributed by atoms with van der Waals surface area (Å²) in [6.07, 6.45) is -4.25. The number of nitrogens with one attached hydrogen (secondary N) is 1. The Balaban J connectivity index is 3.17. The molecule has 3 N–H and O–H groups in total. The molecule has 21 heavy (non-hydrogen) atoms. The molecule has 0 aliphatic heterocycles. The summed E-state index contributed by atoms with van der Waals surface area (Å²) in [5.41, 5.74) is 3.28. The molecular weight excluding hydrogens is 285 g/mol. The van der Waals surface area contributed by atoms with Crippen molar-refractivity contribution in [1.82, 2.24) is 0 Å². The number of halogens is 3. The van der Waals surface area contributed by atoms with E-state index in [4.69, 9.17) is 10.5 Å². The van der Waals surface area contributed by atoms with Crippen LogP contribution in [0.5, 0.6) is 0 Å². The van der Waals surface area contributed by atoms with Crippen molar-refractivity contribution in [2.24, 2.45) is 5.73 Å². The van der Waals surface area contributed by atoms with E-state index in [2.05, 4.69) is 5.32 Å². The molecule has 0 fully saturated rings. The van der Waals surface area contributed by atoms with E-state index < -0.39 is 23.2 Å². The quantitative estimate of drug-likeness (QED) is 0.879. The first-order valence-electron chi connectivity index (χ1n) is 6.44. The molecule has 0 bridgehead atoms. The highest BCUT2D eigenvalue weighted by molar-refractivity contribution is 5.97. The predicted octanol–water partition coefficient (Wildman–Crippen LogP) is 2.92. The normalized spacial score (nSPS) is 14.6. The fourth-order valence-electron chi connectivity index (χ4n) is 1.71. The van der Waals surface area contributed by atoms with Gasteiger partial charge in [0.05, 0.1) is 11.3 Å². The van der Waals surface area contributed by atoms with Crippen LogP contribution in [0, 0.1) is 0 Å². The molecule has 4 nitrogen and oxygen atoms in total. The number of rotatable bonds is 5. The van der Waals surface area contributed by atoms with Gasteiger partial charge in [0.1, 0.15) is 5.60 Å². The summed E-state index contributed by atoms with van der Waals surface area (Å²) in [4.78, 5) is 12.1. The van der Waals surface area contributed by atoms with E-state index in [1.54, 1.807) is 6.92 Å². The van der Waals surface area contributed by atoms with Gasteiger partial charge in [0.15, 0.2) is 0 Å². The molecule has 1 aromatic carbocycles. The van der Waals surface area contributed by atoms with Crippen LogP contribution in [0.2, 0.25) is 0 Å². The second-order valence-electron chi connectivity index (χ2n) is 4.82. The topological polar surface area (TPSA) is 64.3 Å². The van der Waals surface area contributed by atoms with Crippen LogP contribution in [-0.4, -0.2) is 18.6 Å². The Bertz CT molecular complexity index is 511. The van der Waals surface area contributed by atoms with E-state index in [0.717, 1.165) is 6.07 Å². The van der Waals surface area contributed by atoms with Crippen LogP contribution < -0.4 is 11.1 Å². The summed E-state index contributed by atoms with van der Waals surface area (Å²) in [6, 6.07) is 3.58. The number of carbonyl (C=O) groups excluding carboxylic acids is 1. The number of carbonyl (C=O) groups is 1. The molecule has 1 unspecified atom stereocenters. The third-order valence-corrected chi connectivity index (χ3v) is 3.48. The molecule has 0 aliphatic rings. The Hall–Kier alpha value is -1.60. The first-order chi connectivity index (χ1) is 9.67. The standard InChI is InChI=1S/C14H19F3N2O2/c1-4-13(2,21-3)12(20)19-11-6-5-9(8-18)7-10(11)14(15,16)17/h5-7H,4,8,18H2,1-3H3,(H,19,20). The third kappa shape index (κ3) is 3.95. The van der Waals surface area contributed by atoms with Crippen LogP contribution in [0.1, 0.15) is 31.4 Å². The number of amides is 1. The lowest BCUT2D eigenvalue weighted by atomic mass is 10.0. The van der Waals surface area contributed by atoms with Gasteiger partial charge in [0, 0.05) is 13.7 Å². The second kappa shape index (κ2) is 6.44. The number of anilines is 1. The summed E-state index contributed by atoms with van der Waals surface area (Å²) in [5, 5.41) is 2.29. The largest absolute Gasteiger partial charge is 0.418 e. The zero-order valence-electron chi connectivity index (χ0n) is 12.2. The summed E-state index contributed by atoms with van der Waals surface area (Å²) >= 11 is 0. The Morgan fingerprint density at radius 1 is 1.38 bits per heavy atom. The third-order valence-electron chi connectivity index (χ3n) is 3.48. The number of alkyl halides is 3. The smallest absolute Gasteiger partial charge is 0.369 e. The molecule has 1 rings (SSSR count). The van der Waals surface area contributed by atoms with Crippen LogP contribution in [-0.2, 0) is 22.3 Å². The van der Waals surface area contributed by atoms with Gasteiger partial charge in [-0.05, 0) is 31.0 Å². The van der Waals surface area contributed by atoms with Crippen molar-refractivity contribution < 1.29 is 22.7 Å². The number of benzene rings is 1. The average Bonchev–Trinajstić information content (AvgIpc) is 2.45. The summed E-state index contributed by atoms with van der Waals surface area (Å²) in [5.74, 6) is -0.626. The van der Waals surface area contributed by atoms with E-state index in [1.807, 2.05) is 0 Å². The zero-order valence-corrected chi connectivity index (χ0v) is 12.2. The van der Waals surface area contributed by atoms with Crippen molar-refractivity contribution in [2.45, 2.75) is 38.6 Å². The van der Waals surface area contributed by atoms with Gasteiger partial charge in [0.2, 0.25) is 0 Å². The highest BCUT2D eigenvalue weighted by Gasteiger charge is 2.36. The molecule has 0 aromatic heterocycles. The lowest BCUT2D eigenvalue weighted by Gasteiger charge is -2.26. The molecule has 0 aliphatic carbocycles. The summed E-state index contributed by atoms with van der Waals surface area (Å²) in [6.45, 7) is 3.22. The maximum atomic E-state index is 13.1. The summed E-state index contributed by atoms with van der Waals surface area (Å²) < 4.78 is 44.2. The minimum absolute atomic E-state index is 0.0119. The number of nitrogens with two attached hydrogens (primary N) is 1. The number of methoxy groups -OCH3 is 1. The van der Waals surface area contributed by atoms with Crippen LogP contribution in [0.25, 0.3) is 0 Å². The van der Waals surface area contributed by atoms with Crippen molar-refractivity contribution in [1.29, 1.82) is 0 Å². The summed E-state index contributed by atoms with van der Waals surface area (Å²) in [7, 11) is 1.34. The molecule has 118 valence electrons. The van der Waals surface area contributed by atoms with Crippen molar-refractivity contribution in [3.63, 3.8) is 0 Å². The zero-order chi connectivity index (χ0) is 16.3. The lowest BCUT2D eigenvalue weighted by molar-refractivity contribution is -0.138. The van der Waals surface area contributed by atoms with E-state index in [1.165, 1.54) is 26.2 Å². The molecule has 7 heteroatoms. The van der Waals surface area contributed by atoms with Gasteiger partial charge < -0.3 is 15.8 Å². The van der Waals surface area contributed by atoms with Gasteiger partial charge in [-0.1, -0.05) is 13.0 Å². The van der Waals surface area contributed by atoms with E-state index in [9.17, 15) is 18.0 Å². The van der Waals surface area contributed by atoms with E-state index in [-0.39, 0.29) is 12.2 Å². The minimum atomic E-state index is -4.58. The van der Waals surface area contributed by atoms with Crippen molar-refractivity contribution in [3.05, 3.63) is 29.3 Å². The van der Waals surface area contributed by atoms with Crippen LogP contribution in [0.3, 0.4) is 0 Å². The maximum Gasteiger partial charge on any atom is 0.418 e. The minimum Gasteiger partial charge on any atom is -0.369 e. The number of hydrogen-bond donors (Lipinski definition) is 2. The molecule has 0 saturated heterocycles. The highest BCUT2D eigenvalue weighted by Crippen LogP contribution is 2.36. The molecule has 1 aromatic rings. The molecule has 0 radical (unpaired) electrons. The van der Waals surface area contributed by atoms with Gasteiger partial charge in [-0.2, -0.15) is 13.2 Å².